The number of rotatable bonds is 11. The van der Waals surface area contributed by atoms with E-state index in [1.807, 2.05) is 23.9 Å². The van der Waals surface area contributed by atoms with Crippen molar-refractivity contribution in [3.05, 3.63) is 101 Å². The van der Waals surface area contributed by atoms with E-state index >= 15 is 8.78 Å². The number of ether oxygens (including phenoxy) is 2. The number of benzene rings is 3. The number of hydrogen-bond donors (Lipinski definition) is 0. The molecule has 278 valence electrons. The second kappa shape index (κ2) is 14.5. The average molecular weight is 746 g/mol. The van der Waals surface area contributed by atoms with Crippen LogP contribution in [0.1, 0.15) is 53.9 Å². The minimum absolute atomic E-state index is 0.113. The third kappa shape index (κ3) is 7.25. The molecule has 0 radical (unpaired) electrons. The van der Waals surface area contributed by atoms with Crippen molar-refractivity contribution in [1.82, 2.24) is 14.9 Å². The normalized spacial score (nSPS) is 19.1. The zero-order valence-corrected chi connectivity index (χ0v) is 30.1. The maximum atomic E-state index is 16.2. The van der Waals surface area contributed by atoms with Crippen molar-refractivity contribution < 1.29 is 39.8 Å². The molecule has 0 bridgehead atoms. The molecule has 2 heterocycles. The molecule has 0 amide bonds. The zero-order chi connectivity index (χ0) is 37.4. The number of alkyl halides is 3. The topological polar surface area (TPSA) is 88.1 Å². The van der Waals surface area contributed by atoms with Crippen LogP contribution in [-0.4, -0.2) is 70.2 Å². The minimum Gasteiger partial charge on any atom is -0.497 e. The summed E-state index contributed by atoms with van der Waals surface area (Å²) in [4.78, 5) is 10.6. The van der Waals surface area contributed by atoms with Crippen LogP contribution in [0.2, 0.25) is 0 Å². The number of aromatic nitrogens is 2. The number of fused-ring (bicyclic) bond motifs is 1. The van der Waals surface area contributed by atoms with Gasteiger partial charge in [-0.15, -0.1) is 0 Å². The molecule has 1 aromatic heterocycles. The third-order valence-corrected chi connectivity index (χ3v) is 12.1. The Bertz CT molecular complexity index is 2010. The molecule has 3 aromatic carbocycles. The Morgan fingerprint density at radius 1 is 1.00 bits per heavy atom. The largest absolute Gasteiger partial charge is 0.497 e. The molecule has 1 aliphatic carbocycles. The standard InChI is InChI=1S/C37H40F5N5O4S/c1-45(2)36(20-25-7-6-24-8-10-27(16-30(24)25)37(40,41)42)13-5-15-46(22-36)28-17-31(38)35(32(39)18-28)52(48,49)47(34-12-14-43-23-44-34)21-26-9-11-29(50-3)19-33(26)51-4/h8-12,14,16-19,23,25H,5-7,13,15,20-22H2,1-4H3/t25-,36+/m0/s1. The number of aryl methyl sites for hydroxylation is 1. The summed E-state index contributed by atoms with van der Waals surface area (Å²) in [7, 11) is 1.79. The molecule has 1 fully saturated rings. The summed E-state index contributed by atoms with van der Waals surface area (Å²) in [6.45, 7) is 0.407. The Balaban J connectivity index is 1.31. The van der Waals surface area contributed by atoms with E-state index in [4.69, 9.17) is 9.47 Å². The van der Waals surface area contributed by atoms with Gasteiger partial charge in [0.05, 0.1) is 26.3 Å². The number of halogens is 5. The zero-order valence-electron chi connectivity index (χ0n) is 29.3. The van der Waals surface area contributed by atoms with Crippen molar-refractivity contribution in [2.75, 3.05) is 50.6 Å². The Kier molecular flexibility index (Phi) is 10.4. The lowest BCUT2D eigenvalue weighted by atomic mass is 9.77. The van der Waals surface area contributed by atoms with Crippen LogP contribution in [-0.2, 0) is 29.2 Å². The van der Waals surface area contributed by atoms with Crippen molar-refractivity contribution >= 4 is 21.5 Å². The smallest absolute Gasteiger partial charge is 0.416 e. The van der Waals surface area contributed by atoms with Gasteiger partial charge < -0.3 is 19.3 Å². The monoisotopic (exact) mass is 745 g/mol. The van der Waals surface area contributed by atoms with Crippen molar-refractivity contribution in [2.45, 2.75) is 61.2 Å². The number of likely N-dealkylation sites (N-methyl/N-ethyl adjacent to an activating group) is 1. The lowest BCUT2D eigenvalue weighted by molar-refractivity contribution is -0.137. The molecule has 0 unspecified atom stereocenters. The van der Waals surface area contributed by atoms with Crippen LogP contribution < -0.4 is 18.7 Å². The maximum Gasteiger partial charge on any atom is 0.416 e. The van der Waals surface area contributed by atoms with Gasteiger partial charge in [0.2, 0.25) is 0 Å². The van der Waals surface area contributed by atoms with E-state index in [0.29, 0.717) is 61.4 Å². The third-order valence-electron chi connectivity index (χ3n) is 10.3. The van der Waals surface area contributed by atoms with Gasteiger partial charge in [0.1, 0.15) is 35.3 Å². The molecule has 15 heteroatoms. The first-order chi connectivity index (χ1) is 24.7. The highest BCUT2D eigenvalue weighted by Gasteiger charge is 2.43. The summed E-state index contributed by atoms with van der Waals surface area (Å²) in [5.41, 5.74) is 0.941. The van der Waals surface area contributed by atoms with Gasteiger partial charge in [-0.25, -0.2) is 31.5 Å². The summed E-state index contributed by atoms with van der Waals surface area (Å²) in [5, 5.41) is 0. The highest BCUT2D eigenvalue weighted by atomic mass is 32.2. The number of piperidine rings is 1. The van der Waals surface area contributed by atoms with Crippen LogP contribution in [0.3, 0.4) is 0 Å². The SMILES string of the molecule is COc1ccc(CN(c2ccncn2)S(=O)(=O)c2c(F)cc(N3CCC[C@](C[C@@H]4CCc5ccc(C(F)(F)F)cc54)(N(C)C)C3)cc2F)c(OC)c1. The van der Waals surface area contributed by atoms with E-state index < -0.39 is 43.8 Å². The maximum absolute atomic E-state index is 16.2. The van der Waals surface area contributed by atoms with Gasteiger partial charge >= 0.3 is 6.18 Å². The van der Waals surface area contributed by atoms with Gasteiger partial charge in [-0.05, 0) is 99.6 Å². The molecule has 0 saturated carbocycles. The second-order valence-corrected chi connectivity index (χ2v) is 15.3. The number of sulfonamides is 1. The Morgan fingerprint density at radius 3 is 2.38 bits per heavy atom. The molecule has 1 aliphatic heterocycles. The van der Waals surface area contributed by atoms with E-state index in [0.717, 1.165) is 40.8 Å². The first kappa shape index (κ1) is 37.3. The predicted molar refractivity (Wildman–Crippen MR) is 186 cm³/mol. The van der Waals surface area contributed by atoms with Crippen LogP contribution in [0.25, 0.3) is 0 Å². The Hall–Kier alpha value is -4.50. The second-order valence-electron chi connectivity index (χ2n) is 13.5. The van der Waals surface area contributed by atoms with Crippen molar-refractivity contribution in [2.24, 2.45) is 0 Å². The summed E-state index contributed by atoms with van der Waals surface area (Å²) in [5.74, 6) is -2.04. The summed E-state index contributed by atoms with van der Waals surface area (Å²) >= 11 is 0. The highest BCUT2D eigenvalue weighted by molar-refractivity contribution is 7.92. The fraction of sp³-hybridized carbons (Fsp3) is 0.405. The van der Waals surface area contributed by atoms with Crippen LogP contribution in [0.15, 0.2) is 72.0 Å². The molecular weight excluding hydrogens is 705 g/mol. The summed E-state index contributed by atoms with van der Waals surface area (Å²) < 4.78 is 113. The number of hydrogen-bond acceptors (Lipinski definition) is 8. The quantitative estimate of drug-likeness (QED) is 0.149. The van der Waals surface area contributed by atoms with Gasteiger partial charge in [0, 0.05) is 48.2 Å². The molecule has 0 N–H and O–H groups in total. The molecular formula is C37H40F5N5O4S. The van der Waals surface area contributed by atoms with Gasteiger partial charge in [0.25, 0.3) is 10.0 Å². The number of anilines is 2. The van der Waals surface area contributed by atoms with Crippen LogP contribution >= 0.6 is 0 Å². The molecule has 6 rings (SSSR count). The van der Waals surface area contributed by atoms with Crippen LogP contribution in [0.5, 0.6) is 11.5 Å². The summed E-state index contributed by atoms with van der Waals surface area (Å²) in [6, 6.07) is 12.1. The highest BCUT2D eigenvalue weighted by Crippen LogP contribution is 2.45. The lowest BCUT2D eigenvalue weighted by Gasteiger charge is -2.49. The van der Waals surface area contributed by atoms with E-state index in [2.05, 4.69) is 9.97 Å². The summed E-state index contributed by atoms with van der Waals surface area (Å²) in [6.07, 6.45) is 1.29. The van der Waals surface area contributed by atoms with Crippen molar-refractivity contribution in [3.63, 3.8) is 0 Å². The molecule has 9 nitrogen and oxygen atoms in total. The molecule has 0 spiro atoms. The number of nitrogens with zero attached hydrogens (tertiary/aromatic N) is 5. The van der Waals surface area contributed by atoms with E-state index in [1.54, 1.807) is 24.3 Å². The van der Waals surface area contributed by atoms with E-state index in [9.17, 15) is 21.6 Å². The number of methoxy groups -OCH3 is 2. The molecule has 2 atom stereocenters. The molecule has 4 aromatic rings. The van der Waals surface area contributed by atoms with Gasteiger partial charge in [-0.2, -0.15) is 13.2 Å². The Morgan fingerprint density at radius 2 is 1.75 bits per heavy atom. The van der Waals surface area contributed by atoms with Gasteiger partial charge in [-0.3, -0.25) is 0 Å². The molecule has 2 aliphatic rings. The average Bonchev–Trinajstić information content (AvgIpc) is 3.51. The molecule has 52 heavy (non-hydrogen) atoms. The van der Waals surface area contributed by atoms with Gasteiger partial charge in [-0.1, -0.05) is 6.07 Å². The van der Waals surface area contributed by atoms with Gasteiger partial charge in [0.15, 0.2) is 4.90 Å². The Labute approximate surface area is 300 Å². The predicted octanol–water partition coefficient (Wildman–Crippen LogP) is 7.21. The fourth-order valence-electron chi connectivity index (χ4n) is 7.53. The van der Waals surface area contributed by atoms with Crippen molar-refractivity contribution in [1.29, 1.82) is 0 Å². The van der Waals surface area contributed by atoms with E-state index in [-0.39, 0.29) is 24.0 Å². The molecule has 1 saturated heterocycles. The van der Waals surface area contributed by atoms with Crippen LogP contribution in [0, 0.1) is 11.6 Å². The lowest BCUT2D eigenvalue weighted by Crippen LogP contribution is -2.57. The first-order valence-electron chi connectivity index (χ1n) is 16.8. The van der Waals surface area contributed by atoms with Crippen molar-refractivity contribution in [3.8, 4) is 11.5 Å². The minimum atomic E-state index is -4.90. The van der Waals surface area contributed by atoms with Crippen LogP contribution in [0.4, 0.5) is 33.5 Å². The first-order valence-corrected chi connectivity index (χ1v) is 18.2. The fourth-order valence-corrected chi connectivity index (χ4v) is 9.02. The van der Waals surface area contributed by atoms with E-state index in [1.165, 1.54) is 32.5 Å².